The van der Waals surface area contributed by atoms with Gasteiger partial charge in [-0.15, -0.1) is 6.58 Å². The Morgan fingerprint density at radius 3 is 2.67 bits per heavy atom. The second-order valence-corrected chi connectivity index (χ2v) is 4.56. The molecule has 108 valence electrons. The summed E-state index contributed by atoms with van der Waals surface area (Å²) < 4.78 is 0. The summed E-state index contributed by atoms with van der Waals surface area (Å²) in [5.41, 5.74) is 1.45. The van der Waals surface area contributed by atoms with Crippen LogP contribution in [-0.2, 0) is 0 Å². The van der Waals surface area contributed by atoms with Crippen LogP contribution in [0.3, 0.4) is 0 Å². The van der Waals surface area contributed by atoms with Crippen molar-refractivity contribution in [2.75, 3.05) is 11.9 Å². The molecule has 0 saturated heterocycles. The molecule has 0 aliphatic rings. The van der Waals surface area contributed by atoms with Crippen molar-refractivity contribution in [1.82, 2.24) is 15.3 Å². The van der Waals surface area contributed by atoms with E-state index in [1.54, 1.807) is 12.3 Å². The van der Waals surface area contributed by atoms with Gasteiger partial charge in [0.05, 0.1) is 12.4 Å². The van der Waals surface area contributed by atoms with Gasteiger partial charge in [-0.25, -0.2) is 9.97 Å². The summed E-state index contributed by atoms with van der Waals surface area (Å²) in [5.74, 6) is 0.372. The lowest BCUT2D eigenvalue weighted by atomic mass is 10.1. The molecular formula is C16H18N4O. The molecule has 1 aromatic heterocycles. The van der Waals surface area contributed by atoms with Crippen LogP contribution < -0.4 is 10.6 Å². The Labute approximate surface area is 124 Å². The molecule has 0 saturated carbocycles. The van der Waals surface area contributed by atoms with E-state index in [2.05, 4.69) is 27.2 Å². The molecule has 0 spiro atoms. The number of rotatable bonds is 6. The predicted molar refractivity (Wildman–Crippen MR) is 83.0 cm³/mol. The minimum absolute atomic E-state index is 0.112. The molecule has 1 heterocycles. The molecule has 2 rings (SSSR count). The van der Waals surface area contributed by atoms with E-state index in [9.17, 15) is 4.79 Å². The molecule has 21 heavy (non-hydrogen) atoms. The number of benzene rings is 1. The molecule has 1 atom stereocenters. The average molecular weight is 282 g/mol. The Morgan fingerprint density at radius 2 is 2.05 bits per heavy atom. The largest absolute Gasteiger partial charge is 0.362 e. The first-order chi connectivity index (χ1) is 10.2. The van der Waals surface area contributed by atoms with Crippen molar-refractivity contribution in [3.05, 3.63) is 66.6 Å². The molecule has 1 unspecified atom stereocenters. The Balaban J connectivity index is 1.99. The molecule has 2 aromatic rings. The fraction of sp³-hybridized carbons (Fsp3) is 0.188. The maximum absolute atomic E-state index is 11.7. The second kappa shape index (κ2) is 7.19. The summed E-state index contributed by atoms with van der Waals surface area (Å²) in [7, 11) is 0. The third-order valence-corrected chi connectivity index (χ3v) is 2.96. The van der Waals surface area contributed by atoms with Gasteiger partial charge in [0.25, 0.3) is 5.91 Å². The Bertz CT molecular complexity index is 595. The first-order valence-corrected chi connectivity index (χ1v) is 6.73. The smallest absolute Gasteiger partial charge is 0.271 e. The summed E-state index contributed by atoms with van der Waals surface area (Å²) >= 11 is 0. The highest BCUT2D eigenvalue weighted by Crippen LogP contribution is 2.16. The van der Waals surface area contributed by atoms with Gasteiger partial charge < -0.3 is 10.6 Å². The van der Waals surface area contributed by atoms with E-state index in [1.165, 1.54) is 6.20 Å². The number of nitrogens with zero attached hydrogens (tertiary/aromatic N) is 2. The van der Waals surface area contributed by atoms with Crippen LogP contribution >= 0.6 is 0 Å². The monoisotopic (exact) mass is 282 g/mol. The van der Waals surface area contributed by atoms with Crippen LogP contribution in [0.5, 0.6) is 0 Å². The van der Waals surface area contributed by atoms with Crippen molar-refractivity contribution in [2.24, 2.45) is 0 Å². The van der Waals surface area contributed by atoms with Crippen LogP contribution in [0.1, 0.15) is 29.0 Å². The summed E-state index contributed by atoms with van der Waals surface area (Å²) in [6.07, 6.45) is 4.63. The number of carbonyl (C=O) groups is 1. The van der Waals surface area contributed by atoms with Gasteiger partial charge in [0.1, 0.15) is 11.5 Å². The lowest BCUT2D eigenvalue weighted by Crippen LogP contribution is -2.24. The topological polar surface area (TPSA) is 66.9 Å². The molecule has 0 fully saturated rings. The number of anilines is 1. The molecule has 2 N–H and O–H groups in total. The lowest BCUT2D eigenvalue weighted by Gasteiger charge is -2.14. The van der Waals surface area contributed by atoms with Crippen molar-refractivity contribution in [3.8, 4) is 0 Å². The molecule has 1 aromatic carbocycles. The van der Waals surface area contributed by atoms with Crippen molar-refractivity contribution in [1.29, 1.82) is 0 Å². The van der Waals surface area contributed by atoms with Gasteiger partial charge in [0.2, 0.25) is 0 Å². The molecule has 0 bridgehead atoms. The highest BCUT2D eigenvalue weighted by molar-refractivity contribution is 5.92. The van der Waals surface area contributed by atoms with Crippen LogP contribution in [-0.4, -0.2) is 22.4 Å². The quantitative estimate of drug-likeness (QED) is 0.799. The Hall–Kier alpha value is -2.69. The van der Waals surface area contributed by atoms with E-state index in [0.717, 1.165) is 5.56 Å². The van der Waals surface area contributed by atoms with E-state index in [0.29, 0.717) is 12.4 Å². The van der Waals surface area contributed by atoms with Gasteiger partial charge >= 0.3 is 0 Å². The molecule has 0 radical (unpaired) electrons. The van der Waals surface area contributed by atoms with Crippen LogP contribution in [0.25, 0.3) is 0 Å². The first kappa shape index (κ1) is 14.7. The predicted octanol–water partition coefficient (Wildman–Crippen LogP) is 2.57. The van der Waals surface area contributed by atoms with Gasteiger partial charge in [0, 0.05) is 12.6 Å². The van der Waals surface area contributed by atoms with Crippen molar-refractivity contribution < 1.29 is 4.79 Å². The standard InChI is InChI=1S/C16H18N4O/c1-3-9-17-16(21)14-10-19-15(11-18-14)20-12(2)13-7-5-4-6-8-13/h3-8,10-12H,1,9H2,2H3,(H,17,21)(H,19,20). The van der Waals surface area contributed by atoms with E-state index >= 15 is 0 Å². The lowest BCUT2D eigenvalue weighted by molar-refractivity contribution is 0.0952. The summed E-state index contributed by atoms with van der Waals surface area (Å²) in [5, 5.41) is 5.90. The normalized spacial score (nSPS) is 11.5. The number of carbonyl (C=O) groups excluding carboxylic acids is 1. The van der Waals surface area contributed by atoms with Gasteiger partial charge in [0.15, 0.2) is 0 Å². The van der Waals surface area contributed by atoms with Crippen LogP contribution in [0, 0.1) is 0 Å². The van der Waals surface area contributed by atoms with Crippen LogP contribution in [0.15, 0.2) is 55.4 Å². The van der Waals surface area contributed by atoms with Gasteiger partial charge in [-0.2, -0.15) is 0 Å². The van der Waals surface area contributed by atoms with E-state index in [4.69, 9.17) is 0 Å². The maximum atomic E-state index is 11.7. The Morgan fingerprint density at radius 1 is 1.29 bits per heavy atom. The van der Waals surface area contributed by atoms with Gasteiger partial charge in [-0.1, -0.05) is 36.4 Å². The highest BCUT2D eigenvalue weighted by atomic mass is 16.1. The SMILES string of the molecule is C=CCNC(=O)c1cnc(NC(C)c2ccccc2)cn1. The van der Waals surface area contributed by atoms with E-state index in [-0.39, 0.29) is 17.6 Å². The highest BCUT2D eigenvalue weighted by Gasteiger charge is 2.09. The molecule has 5 nitrogen and oxygen atoms in total. The second-order valence-electron chi connectivity index (χ2n) is 4.56. The molecular weight excluding hydrogens is 264 g/mol. The number of hydrogen-bond acceptors (Lipinski definition) is 4. The minimum Gasteiger partial charge on any atom is -0.362 e. The van der Waals surface area contributed by atoms with Crippen LogP contribution in [0.2, 0.25) is 0 Å². The van der Waals surface area contributed by atoms with Crippen LogP contribution in [0.4, 0.5) is 5.82 Å². The van der Waals surface area contributed by atoms with Crippen molar-refractivity contribution in [3.63, 3.8) is 0 Å². The molecule has 0 aliphatic carbocycles. The summed E-state index contributed by atoms with van der Waals surface area (Å²) in [6.45, 7) is 5.99. The third-order valence-electron chi connectivity index (χ3n) is 2.96. The van der Waals surface area contributed by atoms with E-state index < -0.39 is 0 Å². The zero-order valence-electron chi connectivity index (χ0n) is 11.9. The molecule has 5 heteroatoms. The van der Waals surface area contributed by atoms with Crippen molar-refractivity contribution in [2.45, 2.75) is 13.0 Å². The fourth-order valence-electron chi connectivity index (χ4n) is 1.82. The van der Waals surface area contributed by atoms with Gasteiger partial charge in [-0.3, -0.25) is 4.79 Å². The molecule has 1 amide bonds. The number of aromatic nitrogens is 2. The number of hydrogen-bond donors (Lipinski definition) is 2. The van der Waals surface area contributed by atoms with E-state index in [1.807, 2.05) is 37.3 Å². The third kappa shape index (κ3) is 4.14. The number of amides is 1. The number of nitrogens with one attached hydrogen (secondary N) is 2. The Kier molecular flexibility index (Phi) is 5.04. The maximum Gasteiger partial charge on any atom is 0.271 e. The minimum atomic E-state index is -0.259. The van der Waals surface area contributed by atoms with Crippen molar-refractivity contribution >= 4 is 11.7 Å². The summed E-state index contributed by atoms with van der Waals surface area (Å²) in [6, 6.07) is 10.2. The molecule has 0 aliphatic heterocycles. The average Bonchev–Trinajstić information content (AvgIpc) is 2.54. The van der Waals surface area contributed by atoms with Gasteiger partial charge in [-0.05, 0) is 12.5 Å². The fourth-order valence-corrected chi connectivity index (χ4v) is 1.82. The summed E-state index contributed by atoms with van der Waals surface area (Å²) in [4.78, 5) is 20.0. The zero-order valence-corrected chi connectivity index (χ0v) is 11.9. The first-order valence-electron chi connectivity index (χ1n) is 6.73. The zero-order chi connectivity index (χ0) is 15.1.